The number of ether oxygens (including phenoxy) is 1. The topological polar surface area (TPSA) is 39.3 Å². The van der Waals surface area contributed by atoms with Crippen LogP contribution >= 0.6 is 55.1 Å². The summed E-state index contributed by atoms with van der Waals surface area (Å²) < 4.78 is 7.53. The highest BCUT2D eigenvalue weighted by molar-refractivity contribution is 9.11. The highest BCUT2D eigenvalue weighted by Crippen LogP contribution is 2.53. The molecule has 5 aromatic rings. The zero-order valence-electron chi connectivity index (χ0n) is 31.5. The molecule has 10 heteroatoms. The van der Waals surface area contributed by atoms with Gasteiger partial charge in [-0.2, -0.15) is 0 Å². The van der Waals surface area contributed by atoms with Gasteiger partial charge in [0.1, 0.15) is 0 Å². The van der Waals surface area contributed by atoms with Gasteiger partial charge in [-0.15, -0.1) is 0 Å². The van der Waals surface area contributed by atoms with Gasteiger partial charge in [-0.3, -0.25) is 0 Å². The molecule has 0 spiro atoms. The maximum Gasteiger partial charge on any atom is 0.341 e. The minimum atomic E-state index is -1.46. The first-order valence-electron chi connectivity index (χ1n) is 17.3. The molecule has 1 aliphatic rings. The van der Waals surface area contributed by atoms with Crippen molar-refractivity contribution >= 4 is 94.9 Å². The Kier molecular flexibility index (Phi) is 11.6. The van der Waals surface area contributed by atoms with Crippen molar-refractivity contribution in [2.75, 3.05) is 76.0 Å². The Morgan fingerprint density at radius 3 is 1.07 bits per heavy atom. The molecule has 5 aromatic carbocycles. The van der Waals surface area contributed by atoms with Crippen LogP contribution in [0.15, 0.2) is 118 Å². The summed E-state index contributed by atoms with van der Waals surface area (Å²) in [5, 5.41) is 0.492. The Labute approximate surface area is 345 Å². The summed E-state index contributed by atoms with van der Waals surface area (Å²) in [6.07, 6.45) is 4.08. The van der Waals surface area contributed by atoms with Crippen LogP contribution in [0.2, 0.25) is 10.0 Å². The number of carbonyl (C=O) groups is 1. The van der Waals surface area contributed by atoms with Crippen molar-refractivity contribution in [2.45, 2.75) is 5.60 Å². The van der Waals surface area contributed by atoms with Crippen molar-refractivity contribution in [3.8, 4) is 0 Å². The van der Waals surface area contributed by atoms with Gasteiger partial charge in [0, 0.05) is 89.2 Å². The SMILES string of the molecule is CN(C)c1ccc(C(=CC2(C=C(c3ccc(N(C)C)cc3)c3ccc(N(C)C)cc3)OC(=O)c3c(Br)c(Cl)c(Cl)c(Br)c32)c2ccc(N(C)C)cc2)cc1. The number of hydrogen-bond acceptors (Lipinski definition) is 6. The molecule has 0 unspecified atom stereocenters. The van der Waals surface area contributed by atoms with E-state index >= 15 is 0 Å². The predicted molar refractivity (Wildman–Crippen MR) is 236 cm³/mol. The van der Waals surface area contributed by atoms with Crippen LogP contribution in [0.4, 0.5) is 22.7 Å². The summed E-state index contributed by atoms with van der Waals surface area (Å²) >= 11 is 21.0. The van der Waals surface area contributed by atoms with E-state index in [-0.39, 0.29) is 10.0 Å². The van der Waals surface area contributed by atoms with Gasteiger partial charge in [0.05, 0.1) is 20.1 Å². The highest BCUT2D eigenvalue weighted by Gasteiger charge is 2.48. The molecule has 6 nitrogen and oxygen atoms in total. The third-order valence-corrected chi connectivity index (χ3v) is 12.5. The molecule has 0 radical (unpaired) electrons. The van der Waals surface area contributed by atoms with E-state index in [9.17, 15) is 4.79 Å². The Morgan fingerprint density at radius 2 is 0.796 bits per heavy atom. The molecule has 0 atom stereocenters. The van der Waals surface area contributed by atoms with Crippen LogP contribution in [0.1, 0.15) is 38.2 Å². The van der Waals surface area contributed by atoms with Crippen LogP contribution in [-0.4, -0.2) is 62.4 Å². The number of cyclic esters (lactones) is 1. The minimum Gasteiger partial charge on any atom is -0.442 e. The fourth-order valence-corrected chi connectivity index (χ4v) is 8.41. The standard InChI is InChI=1S/C44H42Br2Cl2N4O2/c1-49(2)31-17-9-27(10-18-31)35(28-11-19-32(20-12-28)50(3)4)25-44(38-37(43(53)54-44)39(45)41(47)42(48)40(38)46)26-36(29-13-21-33(22-14-29)51(5)6)30-15-23-34(24-16-30)52(7)8/h9-26H,1-8H3. The number of benzene rings is 5. The summed E-state index contributed by atoms with van der Waals surface area (Å²) in [5.74, 6) is -0.529. The van der Waals surface area contributed by atoms with Crippen molar-refractivity contribution in [1.29, 1.82) is 0 Å². The Hall–Kier alpha value is -4.21. The van der Waals surface area contributed by atoms with Gasteiger partial charge in [-0.1, -0.05) is 71.7 Å². The van der Waals surface area contributed by atoms with Gasteiger partial charge in [-0.05, 0) is 126 Å². The van der Waals surface area contributed by atoms with E-state index in [4.69, 9.17) is 27.9 Å². The summed E-state index contributed by atoms with van der Waals surface area (Å²) in [5.41, 5.74) is 9.13. The Morgan fingerprint density at radius 1 is 0.519 bits per heavy atom. The zero-order chi connectivity index (χ0) is 39.1. The molecule has 0 aromatic heterocycles. The highest BCUT2D eigenvalue weighted by atomic mass is 79.9. The fraction of sp³-hybridized carbons (Fsp3) is 0.205. The van der Waals surface area contributed by atoms with E-state index < -0.39 is 11.6 Å². The molecular formula is C44H42Br2Cl2N4O2. The van der Waals surface area contributed by atoms with Gasteiger partial charge in [0.15, 0.2) is 5.60 Å². The minimum absolute atomic E-state index is 0.223. The number of nitrogens with zero attached hydrogens (tertiary/aromatic N) is 4. The first kappa shape index (κ1) is 39.5. The molecular weight excluding hydrogens is 847 g/mol. The summed E-state index contributed by atoms with van der Waals surface area (Å²) in [6.45, 7) is 0. The number of halogens is 4. The number of hydrogen-bond donors (Lipinski definition) is 0. The average Bonchev–Trinajstić information content (AvgIpc) is 3.45. The largest absolute Gasteiger partial charge is 0.442 e. The third-order valence-electron chi connectivity index (χ3n) is 9.62. The molecule has 0 saturated heterocycles. The van der Waals surface area contributed by atoms with Crippen LogP contribution in [0.3, 0.4) is 0 Å². The number of carbonyl (C=O) groups excluding carboxylic acids is 1. The lowest BCUT2D eigenvalue weighted by Gasteiger charge is -2.28. The van der Waals surface area contributed by atoms with Crippen LogP contribution in [0.25, 0.3) is 11.1 Å². The predicted octanol–water partition coefficient (Wildman–Crippen LogP) is 11.4. The second-order valence-corrected chi connectivity index (χ2v) is 16.4. The van der Waals surface area contributed by atoms with E-state index in [2.05, 4.69) is 149 Å². The number of rotatable bonds is 10. The van der Waals surface area contributed by atoms with Crippen molar-refractivity contribution < 1.29 is 9.53 Å². The Balaban J connectivity index is 1.74. The quantitative estimate of drug-likeness (QED) is 0.0790. The third kappa shape index (κ3) is 7.67. The lowest BCUT2D eigenvalue weighted by Crippen LogP contribution is -2.23. The maximum atomic E-state index is 14.2. The van der Waals surface area contributed by atoms with Gasteiger partial charge >= 0.3 is 5.97 Å². The summed E-state index contributed by atoms with van der Waals surface area (Å²) in [6, 6.07) is 33.4. The average molecular weight is 890 g/mol. The second-order valence-electron chi connectivity index (χ2n) is 14.1. The van der Waals surface area contributed by atoms with Crippen molar-refractivity contribution in [3.63, 3.8) is 0 Å². The van der Waals surface area contributed by atoms with E-state index in [0.29, 0.717) is 20.1 Å². The van der Waals surface area contributed by atoms with E-state index in [1.54, 1.807) is 0 Å². The van der Waals surface area contributed by atoms with Crippen LogP contribution in [0.5, 0.6) is 0 Å². The molecule has 0 aliphatic carbocycles. The molecule has 0 amide bonds. The smallest absolute Gasteiger partial charge is 0.341 e. The summed E-state index contributed by atoms with van der Waals surface area (Å²) in [4.78, 5) is 22.5. The second kappa shape index (κ2) is 15.9. The number of anilines is 4. The molecule has 0 N–H and O–H groups in total. The van der Waals surface area contributed by atoms with Gasteiger partial charge in [-0.25, -0.2) is 4.79 Å². The van der Waals surface area contributed by atoms with Crippen LogP contribution < -0.4 is 19.6 Å². The summed E-state index contributed by atoms with van der Waals surface area (Å²) in [7, 11) is 16.1. The number of fused-ring (bicyclic) bond motifs is 1. The molecule has 0 saturated carbocycles. The molecule has 1 aliphatic heterocycles. The normalized spacial score (nSPS) is 12.8. The molecule has 278 valence electrons. The van der Waals surface area contributed by atoms with Gasteiger partial charge in [0.2, 0.25) is 0 Å². The van der Waals surface area contributed by atoms with E-state index in [1.165, 1.54) is 0 Å². The van der Waals surface area contributed by atoms with Gasteiger partial charge < -0.3 is 24.3 Å². The molecule has 0 bridgehead atoms. The van der Waals surface area contributed by atoms with Gasteiger partial charge in [0.25, 0.3) is 0 Å². The lowest BCUT2D eigenvalue weighted by molar-refractivity contribution is 0.0298. The molecule has 54 heavy (non-hydrogen) atoms. The molecule has 6 rings (SSSR count). The van der Waals surface area contributed by atoms with Crippen molar-refractivity contribution in [1.82, 2.24) is 0 Å². The fourth-order valence-electron chi connectivity index (χ4n) is 6.54. The first-order chi connectivity index (χ1) is 25.6. The first-order valence-corrected chi connectivity index (χ1v) is 19.6. The molecule has 0 fully saturated rings. The maximum absolute atomic E-state index is 14.2. The zero-order valence-corrected chi connectivity index (χ0v) is 36.2. The van der Waals surface area contributed by atoms with E-state index in [0.717, 1.165) is 56.1 Å². The van der Waals surface area contributed by atoms with Crippen molar-refractivity contribution in [3.05, 3.63) is 162 Å². The van der Waals surface area contributed by atoms with Crippen LogP contribution in [0, 0.1) is 0 Å². The van der Waals surface area contributed by atoms with E-state index in [1.807, 2.05) is 68.5 Å². The molecule has 1 heterocycles. The lowest BCUT2D eigenvalue weighted by atomic mass is 9.83. The number of esters is 1. The monoisotopic (exact) mass is 886 g/mol. The van der Waals surface area contributed by atoms with Crippen molar-refractivity contribution in [2.24, 2.45) is 0 Å². The van der Waals surface area contributed by atoms with Crippen LogP contribution in [-0.2, 0) is 10.3 Å². The Bertz CT molecular complexity index is 2020.